The quantitative estimate of drug-likeness (QED) is 0.817. The van der Waals surface area contributed by atoms with E-state index in [2.05, 4.69) is 45.1 Å². The zero-order chi connectivity index (χ0) is 13.7. The van der Waals surface area contributed by atoms with Crippen LogP contribution in [0.3, 0.4) is 0 Å². The molecule has 0 radical (unpaired) electrons. The summed E-state index contributed by atoms with van der Waals surface area (Å²) in [5.41, 5.74) is 1.30. The smallest absolute Gasteiger partial charge is 0.119 e. The van der Waals surface area contributed by atoms with Gasteiger partial charge in [0.1, 0.15) is 5.75 Å². The molecule has 1 N–H and O–H groups in total. The minimum atomic E-state index is 0.229. The molecule has 2 unspecified atom stereocenters. The second kappa shape index (κ2) is 6.79. The average Bonchev–Trinajstić information content (AvgIpc) is 2.28. The standard InChI is InChI=1S/C16H27NO/c1-11(2)13(5)17-14(6)15-7-9-16(10-8-15)18-12(3)4/h7-14,17H,1-6H3. The largest absolute Gasteiger partial charge is 0.491 e. The van der Waals surface area contributed by atoms with Gasteiger partial charge in [-0.05, 0) is 51.3 Å². The maximum absolute atomic E-state index is 5.65. The number of ether oxygens (including phenoxy) is 1. The Kier molecular flexibility index (Phi) is 5.67. The van der Waals surface area contributed by atoms with E-state index in [-0.39, 0.29) is 6.10 Å². The van der Waals surface area contributed by atoms with Gasteiger partial charge in [-0.25, -0.2) is 0 Å². The minimum absolute atomic E-state index is 0.229. The Balaban J connectivity index is 2.61. The van der Waals surface area contributed by atoms with E-state index in [4.69, 9.17) is 4.74 Å². The molecule has 2 heteroatoms. The Hall–Kier alpha value is -1.02. The first-order valence-corrected chi connectivity index (χ1v) is 6.92. The number of hydrogen-bond donors (Lipinski definition) is 1. The molecule has 0 amide bonds. The summed E-state index contributed by atoms with van der Waals surface area (Å²) in [6.07, 6.45) is 0.229. The van der Waals surface area contributed by atoms with E-state index in [0.29, 0.717) is 18.0 Å². The monoisotopic (exact) mass is 249 g/mol. The molecule has 0 heterocycles. The van der Waals surface area contributed by atoms with E-state index in [9.17, 15) is 0 Å². The molecule has 1 rings (SSSR count). The van der Waals surface area contributed by atoms with Crippen molar-refractivity contribution in [2.45, 2.75) is 59.7 Å². The Morgan fingerprint density at radius 3 is 1.89 bits per heavy atom. The SMILES string of the molecule is CC(C)Oc1ccc(C(C)NC(C)C(C)C)cc1. The average molecular weight is 249 g/mol. The van der Waals surface area contributed by atoms with Crippen LogP contribution in [0.15, 0.2) is 24.3 Å². The van der Waals surface area contributed by atoms with Gasteiger partial charge in [0.25, 0.3) is 0 Å². The molecule has 1 aromatic carbocycles. The molecule has 0 bridgehead atoms. The van der Waals surface area contributed by atoms with Crippen molar-refractivity contribution in [2.24, 2.45) is 5.92 Å². The van der Waals surface area contributed by atoms with Crippen molar-refractivity contribution >= 4 is 0 Å². The lowest BCUT2D eigenvalue weighted by molar-refractivity contribution is 0.242. The van der Waals surface area contributed by atoms with E-state index in [1.165, 1.54) is 5.56 Å². The van der Waals surface area contributed by atoms with Crippen molar-refractivity contribution in [3.8, 4) is 5.75 Å². The van der Waals surface area contributed by atoms with Crippen LogP contribution in [0.2, 0.25) is 0 Å². The van der Waals surface area contributed by atoms with Gasteiger partial charge in [0.05, 0.1) is 6.10 Å². The van der Waals surface area contributed by atoms with Crippen LogP contribution in [0.5, 0.6) is 5.75 Å². The first-order valence-electron chi connectivity index (χ1n) is 6.92. The highest BCUT2D eigenvalue weighted by molar-refractivity contribution is 5.29. The minimum Gasteiger partial charge on any atom is -0.491 e. The summed E-state index contributed by atoms with van der Waals surface area (Å²) in [6.45, 7) is 13.0. The summed E-state index contributed by atoms with van der Waals surface area (Å²) in [4.78, 5) is 0. The molecule has 0 aromatic heterocycles. The maximum Gasteiger partial charge on any atom is 0.119 e. The predicted octanol–water partition coefficient (Wildman–Crippen LogP) is 4.17. The number of hydrogen-bond acceptors (Lipinski definition) is 2. The predicted molar refractivity (Wildman–Crippen MR) is 78.1 cm³/mol. The van der Waals surface area contributed by atoms with Gasteiger partial charge in [0.2, 0.25) is 0 Å². The van der Waals surface area contributed by atoms with Crippen LogP contribution < -0.4 is 10.1 Å². The lowest BCUT2D eigenvalue weighted by Gasteiger charge is -2.23. The molecular weight excluding hydrogens is 222 g/mol. The summed E-state index contributed by atoms with van der Waals surface area (Å²) < 4.78 is 5.65. The summed E-state index contributed by atoms with van der Waals surface area (Å²) in [5.74, 6) is 1.59. The first-order chi connectivity index (χ1) is 8.40. The van der Waals surface area contributed by atoms with Gasteiger partial charge >= 0.3 is 0 Å². The number of benzene rings is 1. The zero-order valence-corrected chi connectivity index (χ0v) is 12.5. The molecule has 0 saturated carbocycles. The van der Waals surface area contributed by atoms with Gasteiger partial charge in [-0.15, -0.1) is 0 Å². The number of nitrogens with one attached hydrogen (secondary N) is 1. The van der Waals surface area contributed by atoms with Crippen molar-refractivity contribution < 1.29 is 4.74 Å². The summed E-state index contributed by atoms with van der Waals surface area (Å²) in [6, 6.07) is 9.27. The highest BCUT2D eigenvalue weighted by Gasteiger charge is 2.12. The first kappa shape index (κ1) is 15.0. The molecule has 0 aliphatic heterocycles. The fraction of sp³-hybridized carbons (Fsp3) is 0.625. The molecule has 1 aromatic rings. The van der Waals surface area contributed by atoms with Crippen molar-refractivity contribution in [3.63, 3.8) is 0 Å². The molecule has 0 aliphatic carbocycles. The van der Waals surface area contributed by atoms with Crippen LogP contribution in [0, 0.1) is 5.92 Å². The molecule has 0 spiro atoms. The van der Waals surface area contributed by atoms with Crippen molar-refractivity contribution in [1.29, 1.82) is 0 Å². The molecule has 0 saturated heterocycles. The topological polar surface area (TPSA) is 21.3 Å². The van der Waals surface area contributed by atoms with Crippen LogP contribution in [0.25, 0.3) is 0 Å². The Morgan fingerprint density at radius 1 is 0.889 bits per heavy atom. The molecule has 2 atom stereocenters. The van der Waals surface area contributed by atoms with Gasteiger partial charge in [0.15, 0.2) is 0 Å². The lowest BCUT2D eigenvalue weighted by atomic mass is 10.0. The highest BCUT2D eigenvalue weighted by atomic mass is 16.5. The van der Waals surface area contributed by atoms with E-state index >= 15 is 0 Å². The maximum atomic E-state index is 5.65. The van der Waals surface area contributed by atoms with E-state index in [1.807, 2.05) is 26.0 Å². The van der Waals surface area contributed by atoms with Gasteiger partial charge in [-0.3, -0.25) is 0 Å². The van der Waals surface area contributed by atoms with Crippen molar-refractivity contribution in [2.75, 3.05) is 0 Å². The Bertz CT molecular complexity index is 343. The van der Waals surface area contributed by atoms with Crippen LogP contribution in [-0.2, 0) is 0 Å². The second-order valence-electron chi connectivity index (χ2n) is 5.66. The van der Waals surface area contributed by atoms with Crippen LogP contribution in [0.1, 0.15) is 53.1 Å². The van der Waals surface area contributed by atoms with Crippen molar-refractivity contribution in [1.82, 2.24) is 5.32 Å². The van der Waals surface area contributed by atoms with E-state index in [1.54, 1.807) is 0 Å². The highest BCUT2D eigenvalue weighted by Crippen LogP contribution is 2.19. The summed E-state index contributed by atoms with van der Waals surface area (Å²) in [5, 5.41) is 3.61. The fourth-order valence-electron chi connectivity index (χ4n) is 1.79. The van der Waals surface area contributed by atoms with Gasteiger partial charge in [0, 0.05) is 12.1 Å². The second-order valence-corrected chi connectivity index (χ2v) is 5.66. The normalized spacial score (nSPS) is 14.9. The van der Waals surface area contributed by atoms with Crippen LogP contribution in [-0.4, -0.2) is 12.1 Å². The molecular formula is C16H27NO. The summed E-state index contributed by atoms with van der Waals surface area (Å²) in [7, 11) is 0. The van der Waals surface area contributed by atoms with E-state index < -0.39 is 0 Å². The third-order valence-corrected chi connectivity index (χ3v) is 3.26. The van der Waals surface area contributed by atoms with Crippen LogP contribution >= 0.6 is 0 Å². The van der Waals surface area contributed by atoms with Gasteiger partial charge < -0.3 is 10.1 Å². The van der Waals surface area contributed by atoms with Crippen molar-refractivity contribution in [3.05, 3.63) is 29.8 Å². The molecule has 18 heavy (non-hydrogen) atoms. The third kappa shape index (κ3) is 4.69. The fourth-order valence-corrected chi connectivity index (χ4v) is 1.79. The summed E-state index contributed by atoms with van der Waals surface area (Å²) >= 11 is 0. The lowest BCUT2D eigenvalue weighted by Crippen LogP contribution is -2.32. The molecule has 0 aliphatic rings. The third-order valence-electron chi connectivity index (χ3n) is 3.26. The molecule has 102 valence electrons. The number of rotatable bonds is 6. The Morgan fingerprint density at radius 2 is 1.44 bits per heavy atom. The molecule has 2 nitrogen and oxygen atoms in total. The zero-order valence-electron chi connectivity index (χ0n) is 12.5. The molecule has 0 fully saturated rings. The van der Waals surface area contributed by atoms with Gasteiger partial charge in [-0.2, -0.15) is 0 Å². The Labute approximate surface area is 112 Å². The van der Waals surface area contributed by atoms with E-state index in [0.717, 1.165) is 5.75 Å². The van der Waals surface area contributed by atoms with Gasteiger partial charge in [-0.1, -0.05) is 26.0 Å². The van der Waals surface area contributed by atoms with Crippen LogP contribution in [0.4, 0.5) is 0 Å².